The van der Waals surface area contributed by atoms with E-state index in [2.05, 4.69) is 10.1 Å². The molecule has 0 aliphatic heterocycles. The van der Waals surface area contributed by atoms with E-state index in [9.17, 15) is 9.59 Å². The van der Waals surface area contributed by atoms with Gasteiger partial charge in [0.25, 0.3) is 0 Å². The molecule has 0 unspecified atom stereocenters. The maximum absolute atomic E-state index is 11.2. The second kappa shape index (κ2) is 5.30. The first-order chi connectivity index (χ1) is 7.54. The SMILES string of the molecule is COC(=O)NCc1cc(C(C)=O)ccc1C. The zero-order valence-electron chi connectivity index (χ0n) is 9.66. The Morgan fingerprint density at radius 1 is 1.38 bits per heavy atom. The van der Waals surface area contributed by atoms with Crippen LogP contribution in [0, 0.1) is 6.92 Å². The fourth-order valence-corrected chi connectivity index (χ4v) is 1.32. The van der Waals surface area contributed by atoms with Crippen molar-refractivity contribution in [2.75, 3.05) is 7.11 Å². The smallest absolute Gasteiger partial charge is 0.407 e. The number of rotatable bonds is 3. The molecule has 0 aliphatic carbocycles. The monoisotopic (exact) mass is 221 g/mol. The zero-order valence-corrected chi connectivity index (χ0v) is 9.66. The van der Waals surface area contributed by atoms with Gasteiger partial charge in [-0.1, -0.05) is 12.1 Å². The third-order valence-corrected chi connectivity index (χ3v) is 2.36. The number of ketones is 1. The van der Waals surface area contributed by atoms with Gasteiger partial charge < -0.3 is 10.1 Å². The van der Waals surface area contributed by atoms with Crippen molar-refractivity contribution in [2.24, 2.45) is 0 Å². The summed E-state index contributed by atoms with van der Waals surface area (Å²) in [5.41, 5.74) is 2.59. The van der Waals surface area contributed by atoms with Gasteiger partial charge in [0.1, 0.15) is 0 Å². The molecule has 0 saturated heterocycles. The molecular formula is C12H15NO3. The first-order valence-corrected chi connectivity index (χ1v) is 4.97. The summed E-state index contributed by atoms with van der Waals surface area (Å²) in [5.74, 6) is 0.0133. The number of alkyl carbamates (subject to hydrolysis) is 1. The quantitative estimate of drug-likeness (QED) is 0.795. The first kappa shape index (κ1) is 12.2. The van der Waals surface area contributed by atoms with E-state index in [1.807, 2.05) is 13.0 Å². The number of benzene rings is 1. The van der Waals surface area contributed by atoms with Gasteiger partial charge in [0.2, 0.25) is 0 Å². The van der Waals surface area contributed by atoms with Crippen LogP contribution in [0.4, 0.5) is 4.79 Å². The van der Waals surface area contributed by atoms with Crippen molar-refractivity contribution in [3.8, 4) is 0 Å². The Bertz CT molecular complexity index is 413. The summed E-state index contributed by atoms with van der Waals surface area (Å²) >= 11 is 0. The van der Waals surface area contributed by atoms with Crippen LogP contribution >= 0.6 is 0 Å². The van der Waals surface area contributed by atoms with E-state index in [0.717, 1.165) is 11.1 Å². The number of nitrogens with one attached hydrogen (secondary N) is 1. The summed E-state index contributed by atoms with van der Waals surface area (Å²) in [6.07, 6.45) is -0.479. The standard InChI is InChI=1S/C12H15NO3/c1-8-4-5-10(9(2)14)6-11(8)7-13-12(15)16-3/h4-6H,7H2,1-3H3,(H,13,15). The average Bonchev–Trinajstić information content (AvgIpc) is 2.27. The van der Waals surface area contributed by atoms with E-state index >= 15 is 0 Å². The normalized spacial score (nSPS) is 9.69. The number of ether oxygens (including phenoxy) is 1. The van der Waals surface area contributed by atoms with Gasteiger partial charge in [-0.3, -0.25) is 4.79 Å². The highest BCUT2D eigenvalue weighted by molar-refractivity contribution is 5.94. The lowest BCUT2D eigenvalue weighted by Crippen LogP contribution is -2.22. The molecule has 1 N–H and O–H groups in total. The molecule has 0 fully saturated rings. The number of Topliss-reactive ketones (excluding diaryl/α,β-unsaturated/α-hetero) is 1. The molecule has 0 heterocycles. The van der Waals surface area contributed by atoms with E-state index < -0.39 is 6.09 Å². The van der Waals surface area contributed by atoms with Crippen molar-refractivity contribution in [3.05, 3.63) is 34.9 Å². The number of aryl methyl sites for hydroxylation is 1. The van der Waals surface area contributed by atoms with Gasteiger partial charge in [0, 0.05) is 12.1 Å². The maximum atomic E-state index is 11.2. The van der Waals surface area contributed by atoms with Crippen LogP contribution in [0.15, 0.2) is 18.2 Å². The van der Waals surface area contributed by atoms with Crippen LogP contribution < -0.4 is 5.32 Å². The van der Waals surface area contributed by atoms with Crippen molar-refractivity contribution < 1.29 is 14.3 Å². The Morgan fingerprint density at radius 3 is 2.62 bits per heavy atom. The molecule has 0 saturated carbocycles. The van der Waals surface area contributed by atoms with Gasteiger partial charge in [0.15, 0.2) is 5.78 Å². The fraction of sp³-hybridized carbons (Fsp3) is 0.333. The molecule has 0 radical (unpaired) electrons. The lowest BCUT2D eigenvalue weighted by Gasteiger charge is -2.08. The van der Waals surface area contributed by atoms with Crippen LogP contribution in [0.3, 0.4) is 0 Å². The number of hydrogen-bond acceptors (Lipinski definition) is 3. The number of carbonyl (C=O) groups excluding carboxylic acids is 2. The van der Waals surface area contributed by atoms with Crippen LogP contribution in [-0.2, 0) is 11.3 Å². The van der Waals surface area contributed by atoms with Gasteiger partial charge in [0.05, 0.1) is 7.11 Å². The van der Waals surface area contributed by atoms with Gasteiger partial charge >= 0.3 is 6.09 Å². The van der Waals surface area contributed by atoms with Gasteiger partial charge in [-0.15, -0.1) is 0 Å². The van der Waals surface area contributed by atoms with Crippen molar-refractivity contribution in [1.82, 2.24) is 5.32 Å². The molecule has 4 heteroatoms. The number of amides is 1. The number of methoxy groups -OCH3 is 1. The predicted molar refractivity (Wildman–Crippen MR) is 60.4 cm³/mol. The summed E-state index contributed by atoms with van der Waals surface area (Å²) in [4.78, 5) is 22.1. The predicted octanol–water partition coefficient (Wildman–Crippen LogP) is 2.05. The number of carbonyl (C=O) groups is 2. The molecule has 1 aromatic rings. The van der Waals surface area contributed by atoms with Gasteiger partial charge in [-0.2, -0.15) is 0 Å². The Kier molecular flexibility index (Phi) is 4.05. The van der Waals surface area contributed by atoms with Crippen LogP contribution in [0.25, 0.3) is 0 Å². The highest BCUT2D eigenvalue weighted by Gasteiger charge is 2.05. The fourth-order valence-electron chi connectivity index (χ4n) is 1.32. The largest absolute Gasteiger partial charge is 0.453 e. The summed E-state index contributed by atoms with van der Waals surface area (Å²) in [6.45, 7) is 3.81. The van der Waals surface area contributed by atoms with Gasteiger partial charge in [-0.05, 0) is 31.0 Å². The molecule has 1 amide bonds. The van der Waals surface area contributed by atoms with E-state index in [4.69, 9.17) is 0 Å². The van der Waals surface area contributed by atoms with Gasteiger partial charge in [-0.25, -0.2) is 4.79 Å². The molecule has 0 spiro atoms. The summed E-state index contributed by atoms with van der Waals surface area (Å²) in [6, 6.07) is 5.43. The van der Waals surface area contributed by atoms with Crippen molar-refractivity contribution in [1.29, 1.82) is 0 Å². The lowest BCUT2D eigenvalue weighted by molar-refractivity contribution is 0.101. The molecule has 0 aromatic heterocycles. The van der Waals surface area contributed by atoms with Crippen molar-refractivity contribution >= 4 is 11.9 Å². The summed E-state index contributed by atoms with van der Waals surface area (Å²) in [5, 5.41) is 2.58. The number of hydrogen-bond donors (Lipinski definition) is 1. The topological polar surface area (TPSA) is 55.4 Å². The molecule has 16 heavy (non-hydrogen) atoms. The molecule has 0 aliphatic rings. The van der Waals surface area contributed by atoms with E-state index in [1.165, 1.54) is 14.0 Å². The third-order valence-electron chi connectivity index (χ3n) is 2.36. The molecular weight excluding hydrogens is 206 g/mol. The average molecular weight is 221 g/mol. The minimum absolute atomic E-state index is 0.0133. The Morgan fingerprint density at radius 2 is 2.06 bits per heavy atom. The second-order valence-corrected chi connectivity index (χ2v) is 3.54. The van der Waals surface area contributed by atoms with Crippen LogP contribution in [0.1, 0.15) is 28.4 Å². The highest BCUT2D eigenvalue weighted by atomic mass is 16.5. The van der Waals surface area contributed by atoms with E-state index in [0.29, 0.717) is 12.1 Å². The van der Waals surface area contributed by atoms with Crippen LogP contribution in [0.5, 0.6) is 0 Å². The molecule has 0 bridgehead atoms. The molecule has 0 atom stereocenters. The third kappa shape index (κ3) is 3.08. The van der Waals surface area contributed by atoms with Crippen LogP contribution in [-0.4, -0.2) is 19.0 Å². The lowest BCUT2D eigenvalue weighted by atomic mass is 10.0. The van der Waals surface area contributed by atoms with Crippen molar-refractivity contribution in [2.45, 2.75) is 20.4 Å². The molecule has 4 nitrogen and oxygen atoms in total. The molecule has 1 aromatic carbocycles. The highest BCUT2D eigenvalue weighted by Crippen LogP contribution is 2.11. The minimum atomic E-state index is -0.479. The summed E-state index contributed by atoms with van der Waals surface area (Å²) in [7, 11) is 1.31. The Balaban J connectivity index is 2.82. The summed E-state index contributed by atoms with van der Waals surface area (Å²) < 4.78 is 4.47. The van der Waals surface area contributed by atoms with E-state index in [-0.39, 0.29) is 5.78 Å². The zero-order chi connectivity index (χ0) is 12.1. The molecule has 1 rings (SSSR count). The Hall–Kier alpha value is -1.84. The minimum Gasteiger partial charge on any atom is -0.453 e. The first-order valence-electron chi connectivity index (χ1n) is 4.97. The van der Waals surface area contributed by atoms with Crippen molar-refractivity contribution in [3.63, 3.8) is 0 Å². The Labute approximate surface area is 94.6 Å². The maximum Gasteiger partial charge on any atom is 0.407 e. The second-order valence-electron chi connectivity index (χ2n) is 3.54. The van der Waals surface area contributed by atoms with Crippen LogP contribution in [0.2, 0.25) is 0 Å². The molecule has 86 valence electrons. The van der Waals surface area contributed by atoms with E-state index in [1.54, 1.807) is 12.1 Å².